The zero-order chi connectivity index (χ0) is 21.6. The lowest BCUT2D eigenvalue weighted by atomic mass is 10.1. The van der Waals surface area contributed by atoms with Gasteiger partial charge in [0, 0.05) is 18.3 Å². The Labute approximate surface area is 176 Å². The summed E-state index contributed by atoms with van der Waals surface area (Å²) in [4.78, 5) is 11.6. The van der Waals surface area contributed by atoms with Crippen LogP contribution in [0.1, 0.15) is 34.5 Å². The van der Waals surface area contributed by atoms with Gasteiger partial charge < -0.3 is 10.4 Å². The van der Waals surface area contributed by atoms with Crippen LogP contribution < -0.4 is 10.0 Å². The first-order chi connectivity index (χ1) is 14.4. The van der Waals surface area contributed by atoms with Crippen molar-refractivity contribution in [3.8, 4) is 0 Å². The van der Waals surface area contributed by atoms with Crippen LogP contribution >= 0.6 is 0 Å². The van der Waals surface area contributed by atoms with Gasteiger partial charge in [0.25, 0.3) is 0 Å². The number of carboxylic acids is 1. The molecule has 0 aliphatic heterocycles. The van der Waals surface area contributed by atoms with Gasteiger partial charge in [-0.15, -0.1) is 0 Å². The van der Waals surface area contributed by atoms with Gasteiger partial charge in [0.2, 0.25) is 10.0 Å². The molecule has 0 saturated carbocycles. The monoisotopic (exact) mass is 424 g/mol. The fourth-order valence-corrected chi connectivity index (χ4v) is 4.38. The highest BCUT2D eigenvalue weighted by Crippen LogP contribution is 2.23. The molecular formula is C23H24N2O4S. The van der Waals surface area contributed by atoms with Gasteiger partial charge in [0.15, 0.2) is 0 Å². The van der Waals surface area contributed by atoms with Crippen molar-refractivity contribution in [2.45, 2.75) is 24.3 Å². The SMILES string of the molecule is C[C@@H](NS(=O)(=O)c1ccc(NCCc2ccccc2)c(C(=O)O)c1)c1ccccc1. The molecule has 0 fully saturated rings. The maximum Gasteiger partial charge on any atom is 0.337 e. The summed E-state index contributed by atoms with van der Waals surface area (Å²) in [5.74, 6) is -1.19. The van der Waals surface area contributed by atoms with Gasteiger partial charge in [-0.05, 0) is 42.7 Å². The van der Waals surface area contributed by atoms with Crippen molar-refractivity contribution >= 4 is 21.7 Å². The second kappa shape index (κ2) is 9.56. The fourth-order valence-electron chi connectivity index (χ4n) is 3.12. The van der Waals surface area contributed by atoms with Crippen molar-refractivity contribution in [1.29, 1.82) is 0 Å². The van der Waals surface area contributed by atoms with Gasteiger partial charge in [0.05, 0.1) is 10.5 Å². The molecule has 3 aromatic carbocycles. The Morgan fingerprint density at radius 1 is 0.967 bits per heavy atom. The molecule has 0 radical (unpaired) electrons. The predicted octanol–water partition coefficient (Wildman–Crippen LogP) is 4.08. The molecule has 1 atom stereocenters. The summed E-state index contributed by atoms with van der Waals surface area (Å²) in [6, 6.07) is 22.6. The Bertz CT molecular complexity index is 1100. The first-order valence-corrected chi connectivity index (χ1v) is 11.1. The highest BCUT2D eigenvalue weighted by atomic mass is 32.2. The van der Waals surface area contributed by atoms with E-state index in [4.69, 9.17) is 0 Å². The Hall–Kier alpha value is -3.16. The van der Waals surface area contributed by atoms with Crippen molar-refractivity contribution in [1.82, 2.24) is 4.72 Å². The van der Waals surface area contributed by atoms with Crippen LogP contribution in [-0.4, -0.2) is 26.0 Å². The minimum absolute atomic E-state index is 0.0849. The van der Waals surface area contributed by atoms with E-state index in [-0.39, 0.29) is 10.5 Å². The lowest BCUT2D eigenvalue weighted by Gasteiger charge is -2.16. The summed E-state index contributed by atoms with van der Waals surface area (Å²) in [5.41, 5.74) is 2.24. The molecule has 0 aliphatic rings. The number of hydrogen-bond acceptors (Lipinski definition) is 4. The maximum atomic E-state index is 12.8. The zero-order valence-electron chi connectivity index (χ0n) is 16.6. The second-order valence-electron chi connectivity index (χ2n) is 6.93. The van der Waals surface area contributed by atoms with E-state index in [0.29, 0.717) is 12.2 Å². The number of nitrogens with one attached hydrogen (secondary N) is 2. The second-order valence-corrected chi connectivity index (χ2v) is 8.64. The maximum absolute atomic E-state index is 12.8. The molecule has 0 bridgehead atoms. The van der Waals surface area contributed by atoms with Crippen LogP contribution in [0.15, 0.2) is 83.8 Å². The normalized spacial score (nSPS) is 12.3. The number of sulfonamides is 1. The van der Waals surface area contributed by atoms with Crippen molar-refractivity contribution in [3.63, 3.8) is 0 Å². The molecule has 3 N–H and O–H groups in total. The van der Waals surface area contributed by atoms with E-state index >= 15 is 0 Å². The van der Waals surface area contributed by atoms with Gasteiger partial charge >= 0.3 is 5.97 Å². The minimum Gasteiger partial charge on any atom is -0.478 e. The van der Waals surface area contributed by atoms with Crippen LogP contribution in [0.5, 0.6) is 0 Å². The van der Waals surface area contributed by atoms with E-state index in [9.17, 15) is 18.3 Å². The number of carboxylic acid groups (broad SMARTS) is 1. The van der Waals surface area contributed by atoms with E-state index in [1.165, 1.54) is 18.2 Å². The third kappa shape index (κ3) is 5.46. The van der Waals surface area contributed by atoms with E-state index in [0.717, 1.165) is 17.5 Å². The summed E-state index contributed by atoms with van der Waals surface area (Å²) in [7, 11) is -3.89. The number of anilines is 1. The van der Waals surface area contributed by atoms with Crippen LogP contribution in [0.3, 0.4) is 0 Å². The number of hydrogen-bond donors (Lipinski definition) is 3. The molecular weight excluding hydrogens is 400 g/mol. The van der Waals surface area contributed by atoms with Gasteiger partial charge in [-0.1, -0.05) is 60.7 Å². The quantitative estimate of drug-likeness (QED) is 0.481. The number of rotatable bonds is 9. The summed E-state index contributed by atoms with van der Waals surface area (Å²) in [6.07, 6.45) is 0.718. The van der Waals surface area contributed by atoms with Gasteiger partial charge in [-0.3, -0.25) is 0 Å². The lowest BCUT2D eigenvalue weighted by Crippen LogP contribution is -2.27. The average Bonchev–Trinajstić information content (AvgIpc) is 2.74. The molecule has 0 heterocycles. The molecule has 0 aromatic heterocycles. The molecule has 3 aromatic rings. The largest absolute Gasteiger partial charge is 0.478 e. The topological polar surface area (TPSA) is 95.5 Å². The molecule has 30 heavy (non-hydrogen) atoms. The van der Waals surface area contributed by atoms with Crippen molar-refractivity contribution < 1.29 is 18.3 Å². The first kappa shape index (κ1) is 21.5. The Balaban J connectivity index is 1.75. The summed E-state index contributed by atoms with van der Waals surface area (Å²) >= 11 is 0. The standard InChI is InChI=1S/C23H24N2O4S/c1-17(19-10-6-3-7-11-19)25-30(28,29)20-12-13-22(21(16-20)23(26)27)24-15-14-18-8-4-2-5-9-18/h2-13,16-17,24-25H,14-15H2,1H3,(H,26,27)/t17-/m1/s1. The van der Waals surface area contributed by atoms with Gasteiger partial charge in [-0.2, -0.15) is 0 Å². The number of aromatic carboxylic acids is 1. The molecule has 0 amide bonds. The van der Waals surface area contributed by atoms with Gasteiger partial charge in [0.1, 0.15) is 0 Å². The van der Waals surface area contributed by atoms with Crippen LogP contribution in [0.4, 0.5) is 5.69 Å². The third-order valence-corrected chi connectivity index (χ3v) is 6.27. The first-order valence-electron chi connectivity index (χ1n) is 9.59. The Morgan fingerprint density at radius 3 is 2.23 bits per heavy atom. The van der Waals surface area contributed by atoms with E-state index in [2.05, 4.69) is 10.0 Å². The van der Waals surface area contributed by atoms with E-state index in [1.54, 1.807) is 6.92 Å². The molecule has 156 valence electrons. The molecule has 0 aliphatic carbocycles. The van der Waals surface area contributed by atoms with Crippen molar-refractivity contribution in [3.05, 3.63) is 95.6 Å². The average molecular weight is 425 g/mol. The third-order valence-electron chi connectivity index (χ3n) is 4.74. The molecule has 0 spiro atoms. The van der Waals surface area contributed by atoms with Crippen LogP contribution in [0.25, 0.3) is 0 Å². The fraction of sp³-hybridized carbons (Fsp3) is 0.174. The number of carbonyl (C=O) groups is 1. The Morgan fingerprint density at radius 2 is 1.60 bits per heavy atom. The van der Waals surface area contributed by atoms with Gasteiger partial charge in [-0.25, -0.2) is 17.9 Å². The van der Waals surface area contributed by atoms with Crippen LogP contribution in [0.2, 0.25) is 0 Å². The molecule has 7 heteroatoms. The van der Waals surface area contributed by atoms with Crippen molar-refractivity contribution in [2.24, 2.45) is 0 Å². The van der Waals surface area contributed by atoms with Crippen molar-refractivity contribution in [2.75, 3.05) is 11.9 Å². The highest BCUT2D eigenvalue weighted by molar-refractivity contribution is 7.89. The lowest BCUT2D eigenvalue weighted by molar-refractivity contribution is 0.0697. The highest BCUT2D eigenvalue weighted by Gasteiger charge is 2.21. The minimum atomic E-state index is -3.89. The summed E-state index contributed by atoms with van der Waals surface area (Å²) in [5, 5.41) is 12.7. The van der Waals surface area contributed by atoms with E-state index in [1.807, 2.05) is 60.7 Å². The molecule has 6 nitrogen and oxygen atoms in total. The molecule has 3 rings (SSSR count). The summed E-state index contributed by atoms with van der Waals surface area (Å²) in [6.45, 7) is 2.27. The number of benzene rings is 3. The summed E-state index contributed by atoms with van der Waals surface area (Å²) < 4.78 is 28.2. The molecule has 0 saturated heterocycles. The van der Waals surface area contributed by atoms with E-state index < -0.39 is 22.0 Å². The zero-order valence-corrected chi connectivity index (χ0v) is 17.4. The Kier molecular flexibility index (Phi) is 6.87. The smallest absolute Gasteiger partial charge is 0.337 e. The predicted molar refractivity (Wildman–Crippen MR) is 117 cm³/mol. The molecule has 0 unspecified atom stereocenters. The van der Waals surface area contributed by atoms with Crippen LogP contribution in [-0.2, 0) is 16.4 Å². The van der Waals surface area contributed by atoms with Crippen LogP contribution in [0, 0.1) is 0 Å².